The maximum absolute atomic E-state index is 14.5. The first-order chi connectivity index (χ1) is 12.3. The van der Waals surface area contributed by atoms with Crippen molar-refractivity contribution in [1.82, 2.24) is 9.38 Å². The number of carboxylic acids is 1. The highest BCUT2D eigenvalue weighted by Crippen LogP contribution is 2.27. The van der Waals surface area contributed by atoms with Crippen LogP contribution in [0.4, 0.5) is 4.39 Å². The molecule has 2 heterocycles. The zero-order chi connectivity index (χ0) is 19.0. The molecule has 0 aliphatic rings. The summed E-state index contributed by atoms with van der Waals surface area (Å²) in [5.74, 6) is -2.14. The van der Waals surface area contributed by atoms with Gasteiger partial charge in [-0.2, -0.15) is 0 Å². The Labute approximate surface area is 150 Å². The third-order valence-electron chi connectivity index (χ3n) is 4.34. The number of carboxylic acid groups (broad SMARTS) is 1. The summed E-state index contributed by atoms with van der Waals surface area (Å²) in [7, 11) is 0. The lowest BCUT2D eigenvalue weighted by Gasteiger charge is -2.08. The number of Topliss-reactive ketones (excluding diaryl/α,β-unsaturated/α-hetero) is 1. The van der Waals surface area contributed by atoms with Gasteiger partial charge in [0, 0.05) is 17.7 Å². The van der Waals surface area contributed by atoms with E-state index in [0.29, 0.717) is 23.3 Å². The van der Waals surface area contributed by atoms with E-state index in [0.717, 1.165) is 5.69 Å². The molecule has 1 N–H and O–H groups in total. The lowest BCUT2D eigenvalue weighted by atomic mass is 9.98. The Hall–Kier alpha value is -3.02. The van der Waals surface area contributed by atoms with Gasteiger partial charge in [0.2, 0.25) is 0 Å². The molecule has 1 aromatic carbocycles. The standard InChI is InChI=1S/C20H19FN2O3/c1-4-16-18(22-17-10-13(20(25)26)7-8-23(16)17)12-5-6-14(15(21)9-12)19(24)11(2)3/h5-11H,4H2,1-3H3,(H,25,26). The molecule has 3 aromatic rings. The van der Waals surface area contributed by atoms with Crippen molar-refractivity contribution in [2.24, 2.45) is 5.92 Å². The minimum atomic E-state index is -1.03. The topological polar surface area (TPSA) is 71.7 Å². The molecule has 134 valence electrons. The second-order valence-electron chi connectivity index (χ2n) is 6.42. The predicted molar refractivity (Wildman–Crippen MR) is 96.1 cm³/mol. The van der Waals surface area contributed by atoms with Crippen LogP contribution in [0.1, 0.15) is 47.2 Å². The van der Waals surface area contributed by atoms with Crippen molar-refractivity contribution in [1.29, 1.82) is 0 Å². The summed E-state index contributed by atoms with van der Waals surface area (Å²) in [6.07, 6.45) is 2.29. The summed E-state index contributed by atoms with van der Waals surface area (Å²) in [5, 5.41) is 9.14. The van der Waals surface area contributed by atoms with E-state index in [1.165, 1.54) is 24.3 Å². The number of hydrogen-bond donors (Lipinski definition) is 1. The van der Waals surface area contributed by atoms with Crippen LogP contribution in [0.3, 0.4) is 0 Å². The fraction of sp³-hybridized carbons (Fsp3) is 0.250. The molecule has 0 unspecified atom stereocenters. The van der Waals surface area contributed by atoms with Gasteiger partial charge in [-0.25, -0.2) is 14.2 Å². The van der Waals surface area contributed by atoms with E-state index < -0.39 is 11.8 Å². The number of halogens is 1. The molecule has 6 heteroatoms. The van der Waals surface area contributed by atoms with Crippen molar-refractivity contribution < 1.29 is 19.1 Å². The van der Waals surface area contributed by atoms with Crippen molar-refractivity contribution in [3.8, 4) is 11.3 Å². The van der Waals surface area contributed by atoms with E-state index in [9.17, 15) is 14.0 Å². The summed E-state index contributed by atoms with van der Waals surface area (Å²) in [4.78, 5) is 27.7. The van der Waals surface area contributed by atoms with Gasteiger partial charge in [-0.05, 0) is 30.7 Å². The number of pyridine rings is 1. The third kappa shape index (κ3) is 2.98. The molecular weight excluding hydrogens is 335 g/mol. The summed E-state index contributed by atoms with van der Waals surface area (Å²) >= 11 is 0. The molecule has 26 heavy (non-hydrogen) atoms. The number of aryl methyl sites for hydroxylation is 1. The van der Waals surface area contributed by atoms with Gasteiger partial charge in [0.25, 0.3) is 0 Å². The lowest BCUT2D eigenvalue weighted by molar-refractivity contribution is 0.0696. The second-order valence-corrected chi connectivity index (χ2v) is 6.42. The second kappa shape index (κ2) is 6.71. The van der Waals surface area contributed by atoms with E-state index in [1.807, 2.05) is 6.92 Å². The Morgan fingerprint density at radius 3 is 2.54 bits per heavy atom. The van der Waals surface area contributed by atoms with Gasteiger partial charge in [0.15, 0.2) is 5.78 Å². The van der Waals surface area contributed by atoms with Crippen LogP contribution < -0.4 is 0 Å². The van der Waals surface area contributed by atoms with Crippen molar-refractivity contribution in [3.63, 3.8) is 0 Å². The molecule has 0 saturated heterocycles. The van der Waals surface area contributed by atoms with Gasteiger partial charge >= 0.3 is 5.97 Å². The van der Waals surface area contributed by atoms with Crippen LogP contribution >= 0.6 is 0 Å². The number of imidazole rings is 1. The average Bonchev–Trinajstić information content (AvgIpc) is 2.98. The summed E-state index contributed by atoms with van der Waals surface area (Å²) in [6.45, 7) is 5.41. The summed E-state index contributed by atoms with van der Waals surface area (Å²) in [5.41, 5.74) is 2.68. The molecule has 2 aromatic heterocycles. The van der Waals surface area contributed by atoms with Crippen LogP contribution in [0.5, 0.6) is 0 Å². The zero-order valence-electron chi connectivity index (χ0n) is 14.8. The SMILES string of the molecule is CCc1c(-c2ccc(C(=O)C(C)C)c(F)c2)nc2cc(C(=O)O)ccn12. The number of ketones is 1. The van der Waals surface area contributed by atoms with Crippen molar-refractivity contribution in [2.75, 3.05) is 0 Å². The van der Waals surface area contributed by atoms with Crippen LogP contribution in [-0.4, -0.2) is 26.2 Å². The Balaban J connectivity index is 2.14. The lowest BCUT2D eigenvalue weighted by Crippen LogP contribution is -2.09. The molecule has 0 aliphatic heterocycles. The predicted octanol–water partition coefficient (Wildman–Crippen LogP) is 4.24. The van der Waals surface area contributed by atoms with Crippen molar-refractivity contribution >= 4 is 17.4 Å². The average molecular weight is 354 g/mol. The maximum Gasteiger partial charge on any atom is 0.335 e. The van der Waals surface area contributed by atoms with E-state index in [-0.39, 0.29) is 22.8 Å². The first-order valence-corrected chi connectivity index (χ1v) is 8.41. The normalized spacial score (nSPS) is 11.3. The zero-order valence-corrected chi connectivity index (χ0v) is 14.8. The van der Waals surface area contributed by atoms with Gasteiger partial charge in [-0.1, -0.05) is 26.8 Å². The Bertz CT molecular complexity index is 1020. The van der Waals surface area contributed by atoms with Gasteiger partial charge < -0.3 is 9.51 Å². The summed E-state index contributed by atoms with van der Waals surface area (Å²) < 4.78 is 16.3. The largest absolute Gasteiger partial charge is 0.478 e. The fourth-order valence-corrected chi connectivity index (χ4v) is 2.97. The summed E-state index contributed by atoms with van der Waals surface area (Å²) in [6, 6.07) is 7.47. The van der Waals surface area contributed by atoms with Crippen LogP contribution in [0.25, 0.3) is 16.9 Å². The highest BCUT2D eigenvalue weighted by atomic mass is 19.1. The number of aromatic nitrogens is 2. The first kappa shape index (κ1) is 17.8. The molecule has 3 rings (SSSR count). The maximum atomic E-state index is 14.5. The van der Waals surface area contributed by atoms with Crippen LogP contribution in [0.15, 0.2) is 36.5 Å². The van der Waals surface area contributed by atoms with E-state index in [2.05, 4.69) is 4.98 Å². The van der Waals surface area contributed by atoms with Gasteiger partial charge in [0.1, 0.15) is 11.5 Å². The van der Waals surface area contributed by atoms with Crippen LogP contribution in [-0.2, 0) is 6.42 Å². The Morgan fingerprint density at radius 1 is 1.23 bits per heavy atom. The van der Waals surface area contributed by atoms with Gasteiger partial charge in [-0.3, -0.25) is 4.79 Å². The molecule has 0 spiro atoms. The first-order valence-electron chi connectivity index (χ1n) is 8.41. The highest BCUT2D eigenvalue weighted by molar-refractivity contribution is 5.98. The van der Waals surface area contributed by atoms with Crippen LogP contribution in [0, 0.1) is 11.7 Å². The van der Waals surface area contributed by atoms with E-state index >= 15 is 0 Å². The monoisotopic (exact) mass is 354 g/mol. The molecule has 0 amide bonds. The fourth-order valence-electron chi connectivity index (χ4n) is 2.97. The number of fused-ring (bicyclic) bond motifs is 1. The van der Waals surface area contributed by atoms with E-state index in [4.69, 9.17) is 5.11 Å². The number of carbonyl (C=O) groups excluding carboxylic acids is 1. The molecule has 0 fully saturated rings. The smallest absolute Gasteiger partial charge is 0.335 e. The Morgan fingerprint density at radius 2 is 1.96 bits per heavy atom. The number of nitrogens with zero attached hydrogens (tertiary/aromatic N) is 2. The molecule has 5 nitrogen and oxygen atoms in total. The van der Waals surface area contributed by atoms with Gasteiger partial charge in [-0.15, -0.1) is 0 Å². The van der Waals surface area contributed by atoms with E-state index in [1.54, 1.807) is 30.5 Å². The number of carbonyl (C=O) groups is 2. The number of hydrogen-bond acceptors (Lipinski definition) is 3. The molecule has 0 saturated carbocycles. The van der Waals surface area contributed by atoms with Crippen molar-refractivity contribution in [3.05, 3.63) is 59.2 Å². The molecule has 0 radical (unpaired) electrons. The Kier molecular flexibility index (Phi) is 4.59. The minimum absolute atomic E-state index is 0.0683. The quantitative estimate of drug-likeness (QED) is 0.696. The number of aromatic carboxylic acids is 1. The number of benzene rings is 1. The third-order valence-corrected chi connectivity index (χ3v) is 4.34. The van der Waals surface area contributed by atoms with Gasteiger partial charge in [0.05, 0.1) is 22.5 Å². The van der Waals surface area contributed by atoms with Crippen LogP contribution in [0.2, 0.25) is 0 Å². The highest BCUT2D eigenvalue weighted by Gasteiger charge is 2.19. The van der Waals surface area contributed by atoms with Crippen molar-refractivity contribution in [2.45, 2.75) is 27.2 Å². The molecule has 0 atom stereocenters. The molecule has 0 bridgehead atoms. The number of rotatable bonds is 5. The molecule has 0 aliphatic carbocycles. The minimum Gasteiger partial charge on any atom is -0.478 e. The molecular formula is C20H19FN2O3.